The molecule has 0 bridgehead atoms. The SMILES string of the molecule is CC1=CC[C@@H]2C(=O)N(c3ccc(OC(=O)[C@@H]4CC(=O)N(Cc5ccccc5)C4)cc3C)C(=O)[C@H]2C1. The molecule has 0 aromatic heterocycles. The van der Waals surface area contributed by atoms with Gasteiger partial charge in [0.2, 0.25) is 17.7 Å². The Morgan fingerprint density at radius 1 is 0.971 bits per heavy atom. The van der Waals surface area contributed by atoms with Crippen molar-refractivity contribution in [3.63, 3.8) is 0 Å². The number of carbonyl (C=O) groups is 4. The Bertz CT molecular complexity index is 1240. The fraction of sp³-hybridized carbons (Fsp3) is 0.357. The van der Waals surface area contributed by atoms with Gasteiger partial charge < -0.3 is 9.64 Å². The molecule has 0 unspecified atom stereocenters. The Morgan fingerprint density at radius 2 is 1.71 bits per heavy atom. The summed E-state index contributed by atoms with van der Waals surface area (Å²) in [5.41, 5.74) is 3.35. The molecule has 2 aromatic rings. The zero-order valence-corrected chi connectivity index (χ0v) is 19.9. The number of hydrogen-bond acceptors (Lipinski definition) is 5. The van der Waals surface area contributed by atoms with E-state index in [1.165, 1.54) is 4.90 Å². The second-order valence-electron chi connectivity index (χ2n) is 9.75. The maximum absolute atomic E-state index is 13.0. The van der Waals surface area contributed by atoms with Crippen LogP contribution in [0.1, 0.15) is 37.3 Å². The normalized spacial score (nSPS) is 24.0. The van der Waals surface area contributed by atoms with Gasteiger partial charge in [-0.2, -0.15) is 0 Å². The van der Waals surface area contributed by atoms with Gasteiger partial charge in [-0.3, -0.25) is 19.2 Å². The average molecular weight is 473 g/mol. The number of likely N-dealkylation sites (tertiary alicyclic amines) is 1. The number of rotatable bonds is 5. The van der Waals surface area contributed by atoms with E-state index in [-0.39, 0.29) is 36.0 Å². The van der Waals surface area contributed by atoms with Crippen molar-refractivity contribution in [2.24, 2.45) is 17.8 Å². The predicted molar refractivity (Wildman–Crippen MR) is 129 cm³/mol. The number of allylic oxidation sites excluding steroid dienone is 2. The fourth-order valence-corrected chi connectivity index (χ4v) is 5.30. The first-order valence-electron chi connectivity index (χ1n) is 12.0. The van der Waals surface area contributed by atoms with E-state index in [1.807, 2.05) is 43.3 Å². The van der Waals surface area contributed by atoms with Gasteiger partial charge in [-0.1, -0.05) is 42.0 Å². The number of ether oxygens (including phenoxy) is 1. The first kappa shape index (κ1) is 23.0. The molecule has 0 radical (unpaired) electrons. The van der Waals surface area contributed by atoms with Crippen molar-refractivity contribution in [3.05, 3.63) is 71.3 Å². The number of esters is 1. The maximum atomic E-state index is 13.0. The van der Waals surface area contributed by atoms with E-state index in [0.717, 1.165) is 11.1 Å². The minimum atomic E-state index is -0.535. The highest BCUT2D eigenvalue weighted by atomic mass is 16.5. The van der Waals surface area contributed by atoms with Crippen LogP contribution in [-0.2, 0) is 25.7 Å². The molecule has 3 aliphatic rings. The summed E-state index contributed by atoms with van der Waals surface area (Å²) in [5, 5.41) is 0. The van der Waals surface area contributed by atoms with Crippen LogP contribution in [0.4, 0.5) is 5.69 Å². The summed E-state index contributed by atoms with van der Waals surface area (Å²) < 4.78 is 5.59. The van der Waals surface area contributed by atoms with E-state index in [0.29, 0.717) is 42.9 Å². The zero-order valence-electron chi connectivity index (χ0n) is 19.9. The van der Waals surface area contributed by atoms with Gasteiger partial charge in [0, 0.05) is 19.5 Å². The summed E-state index contributed by atoms with van der Waals surface area (Å²) in [7, 11) is 0. The third-order valence-electron chi connectivity index (χ3n) is 7.21. The fourth-order valence-electron chi connectivity index (χ4n) is 5.30. The Morgan fingerprint density at radius 3 is 2.46 bits per heavy atom. The van der Waals surface area contributed by atoms with Crippen LogP contribution in [-0.4, -0.2) is 35.1 Å². The second kappa shape index (κ2) is 9.13. The summed E-state index contributed by atoms with van der Waals surface area (Å²) in [6.45, 7) is 4.56. The van der Waals surface area contributed by atoms with Crippen molar-refractivity contribution >= 4 is 29.4 Å². The topological polar surface area (TPSA) is 84.0 Å². The first-order chi connectivity index (χ1) is 16.8. The molecule has 7 heteroatoms. The lowest BCUT2D eigenvalue weighted by Crippen LogP contribution is -2.31. The van der Waals surface area contributed by atoms with Crippen LogP contribution >= 0.6 is 0 Å². The third-order valence-corrected chi connectivity index (χ3v) is 7.21. The maximum Gasteiger partial charge on any atom is 0.316 e. The van der Waals surface area contributed by atoms with Crippen molar-refractivity contribution in [2.75, 3.05) is 11.4 Å². The van der Waals surface area contributed by atoms with Gasteiger partial charge in [-0.15, -0.1) is 0 Å². The van der Waals surface area contributed by atoms with Crippen molar-refractivity contribution in [2.45, 2.75) is 39.7 Å². The lowest BCUT2D eigenvalue weighted by atomic mass is 9.82. The molecule has 2 saturated heterocycles. The molecule has 2 fully saturated rings. The lowest BCUT2D eigenvalue weighted by molar-refractivity contribution is -0.139. The van der Waals surface area contributed by atoms with E-state index in [2.05, 4.69) is 0 Å². The molecule has 1 aliphatic carbocycles. The van der Waals surface area contributed by atoms with Crippen LogP contribution in [0.15, 0.2) is 60.2 Å². The molecule has 2 aliphatic heterocycles. The first-order valence-corrected chi connectivity index (χ1v) is 12.0. The zero-order chi connectivity index (χ0) is 24.7. The molecule has 3 atom stereocenters. The summed E-state index contributed by atoms with van der Waals surface area (Å²) in [6.07, 6.45) is 3.37. The Hall–Kier alpha value is -3.74. The Kier molecular flexibility index (Phi) is 6.01. The van der Waals surface area contributed by atoms with Gasteiger partial charge in [0.25, 0.3) is 0 Å². The number of carbonyl (C=O) groups excluding carboxylic acids is 4. The van der Waals surface area contributed by atoms with Crippen LogP contribution in [0.5, 0.6) is 5.75 Å². The predicted octanol–water partition coefficient (Wildman–Crippen LogP) is 3.79. The number of anilines is 1. The van der Waals surface area contributed by atoms with Gasteiger partial charge in [-0.25, -0.2) is 4.90 Å². The van der Waals surface area contributed by atoms with Crippen LogP contribution in [0.3, 0.4) is 0 Å². The van der Waals surface area contributed by atoms with Crippen LogP contribution < -0.4 is 9.64 Å². The summed E-state index contributed by atoms with van der Waals surface area (Å²) in [6, 6.07) is 14.6. The highest BCUT2D eigenvalue weighted by Crippen LogP contribution is 2.41. The molecule has 5 rings (SSSR count). The van der Waals surface area contributed by atoms with Gasteiger partial charge in [0.15, 0.2) is 0 Å². The molecule has 35 heavy (non-hydrogen) atoms. The summed E-state index contributed by atoms with van der Waals surface area (Å²) >= 11 is 0. The van der Waals surface area contributed by atoms with Crippen molar-refractivity contribution in [1.29, 1.82) is 0 Å². The summed E-state index contributed by atoms with van der Waals surface area (Å²) in [5.74, 6) is -1.67. The minimum absolute atomic E-state index is 0.0698. The Balaban J connectivity index is 1.25. The minimum Gasteiger partial charge on any atom is -0.426 e. The molecule has 3 amide bonds. The molecule has 2 heterocycles. The molecular formula is C28H28N2O5. The van der Waals surface area contributed by atoms with E-state index in [4.69, 9.17) is 4.74 Å². The Labute approximate surface area is 204 Å². The van der Waals surface area contributed by atoms with Gasteiger partial charge >= 0.3 is 5.97 Å². The van der Waals surface area contributed by atoms with Crippen LogP contribution in [0.2, 0.25) is 0 Å². The number of imide groups is 1. The van der Waals surface area contributed by atoms with E-state index < -0.39 is 11.9 Å². The van der Waals surface area contributed by atoms with E-state index >= 15 is 0 Å². The highest BCUT2D eigenvalue weighted by molar-refractivity contribution is 6.22. The van der Waals surface area contributed by atoms with Gasteiger partial charge in [0.05, 0.1) is 23.4 Å². The molecule has 2 aromatic carbocycles. The number of benzene rings is 2. The number of aryl methyl sites for hydroxylation is 1. The van der Waals surface area contributed by atoms with Crippen molar-refractivity contribution in [3.8, 4) is 5.75 Å². The highest BCUT2D eigenvalue weighted by Gasteiger charge is 2.49. The lowest BCUT2D eigenvalue weighted by Gasteiger charge is -2.19. The number of amides is 3. The molecule has 0 N–H and O–H groups in total. The number of nitrogens with zero attached hydrogens (tertiary/aromatic N) is 2. The van der Waals surface area contributed by atoms with E-state index in [1.54, 1.807) is 30.0 Å². The molecule has 180 valence electrons. The van der Waals surface area contributed by atoms with Crippen molar-refractivity contribution in [1.82, 2.24) is 4.90 Å². The third kappa shape index (κ3) is 4.38. The average Bonchev–Trinajstić information content (AvgIpc) is 3.31. The summed E-state index contributed by atoms with van der Waals surface area (Å²) in [4.78, 5) is 54.2. The van der Waals surface area contributed by atoms with Crippen molar-refractivity contribution < 1.29 is 23.9 Å². The smallest absolute Gasteiger partial charge is 0.316 e. The molecule has 0 spiro atoms. The van der Waals surface area contributed by atoms with Crippen LogP contribution in [0.25, 0.3) is 0 Å². The molecular weight excluding hydrogens is 444 g/mol. The quantitative estimate of drug-likeness (QED) is 0.286. The van der Waals surface area contributed by atoms with E-state index in [9.17, 15) is 19.2 Å². The van der Waals surface area contributed by atoms with Gasteiger partial charge in [-0.05, 0) is 56.0 Å². The molecule has 0 saturated carbocycles. The number of fused-ring (bicyclic) bond motifs is 1. The standard InChI is InChI=1S/C28H28N2O5/c1-17-8-10-22-23(12-17)27(33)30(26(22)32)24-11-9-21(13-18(24)2)35-28(34)20-14-25(31)29(16-20)15-19-6-4-3-5-7-19/h3-9,11,13,20,22-23H,10,12,14-16H2,1-2H3/t20-,22+,23+/m1/s1. The monoisotopic (exact) mass is 472 g/mol. The number of hydrogen-bond donors (Lipinski definition) is 0. The second-order valence-corrected chi connectivity index (χ2v) is 9.75. The largest absolute Gasteiger partial charge is 0.426 e. The van der Waals surface area contributed by atoms with Gasteiger partial charge in [0.1, 0.15) is 5.75 Å². The van der Waals surface area contributed by atoms with Crippen LogP contribution in [0, 0.1) is 24.7 Å². The molecule has 7 nitrogen and oxygen atoms in total.